The second-order valence-corrected chi connectivity index (χ2v) is 5.98. The molecular formula is C16H19F3O2. The summed E-state index contributed by atoms with van der Waals surface area (Å²) in [7, 11) is 0. The molecule has 116 valence electrons. The van der Waals surface area contributed by atoms with E-state index in [9.17, 15) is 23.1 Å². The molecule has 1 N–H and O–H groups in total. The number of aliphatic hydroxyl groups is 1. The first kappa shape index (κ1) is 16.0. The molecule has 0 aromatic heterocycles. The van der Waals surface area contributed by atoms with Crippen molar-refractivity contribution in [3.05, 3.63) is 34.4 Å². The fourth-order valence-corrected chi connectivity index (χ4v) is 3.24. The molecule has 1 aromatic rings. The van der Waals surface area contributed by atoms with Gasteiger partial charge >= 0.3 is 6.18 Å². The van der Waals surface area contributed by atoms with Crippen LogP contribution >= 0.6 is 0 Å². The zero-order chi connectivity index (χ0) is 15.8. The second-order valence-electron chi connectivity index (χ2n) is 5.98. The van der Waals surface area contributed by atoms with Crippen LogP contribution < -0.4 is 0 Å². The van der Waals surface area contributed by atoms with E-state index in [4.69, 9.17) is 0 Å². The molecule has 0 aliphatic heterocycles. The predicted octanol–water partition coefficient (Wildman–Crippen LogP) is 3.61. The molecule has 2 atom stereocenters. The standard InChI is InChI=1S/C16H19F3O2/c1-10-6-11(2)13-5-3-4-12(14(13)7-10)8-15(21,9-20)16(17,18)19/h6-7,9,12,21H,3-5,8H2,1-2H3. The molecule has 0 fully saturated rings. The SMILES string of the molecule is Cc1cc(C)c2c(c1)C(CC(O)(C=O)C(F)(F)F)CCC2. The lowest BCUT2D eigenvalue weighted by molar-refractivity contribution is -0.248. The molecule has 5 heteroatoms. The fourth-order valence-electron chi connectivity index (χ4n) is 3.24. The minimum atomic E-state index is -4.94. The minimum absolute atomic E-state index is 0.371. The third-order valence-corrected chi connectivity index (χ3v) is 4.31. The molecule has 0 saturated heterocycles. The van der Waals surface area contributed by atoms with E-state index in [2.05, 4.69) is 0 Å². The Kier molecular flexibility index (Phi) is 4.15. The quantitative estimate of drug-likeness (QED) is 0.866. The van der Waals surface area contributed by atoms with Gasteiger partial charge in [-0.15, -0.1) is 0 Å². The van der Waals surface area contributed by atoms with E-state index in [-0.39, 0.29) is 6.29 Å². The number of carbonyl (C=O) groups excluding carboxylic acids is 1. The van der Waals surface area contributed by atoms with Gasteiger partial charge in [0.1, 0.15) is 0 Å². The van der Waals surface area contributed by atoms with Crippen molar-refractivity contribution < 1.29 is 23.1 Å². The maximum atomic E-state index is 12.9. The predicted molar refractivity (Wildman–Crippen MR) is 73.3 cm³/mol. The zero-order valence-corrected chi connectivity index (χ0v) is 12.1. The van der Waals surface area contributed by atoms with Crippen molar-refractivity contribution >= 4 is 6.29 Å². The van der Waals surface area contributed by atoms with Gasteiger partial charge in [-0.3, -0.25) is 4.79 Å². The Morgan fingerprint density at radius 1 is 1.33 bits per heavy atom. The van der Waals surface area contributed by atoms with Crippen LogP contribution in [0.3, 0.4) is 0 Å². The van der Waals surface area contributed by atoms with E-state index >= 15 is 0 Å². The number of alkyl halides is 3. The number of hydrogen-bond donors (Lipinski definition) is 1. The summed E-state index contributed by atoms with van der Waals surface area (Å²) in [6.45, 7) is 3.85. The van der Waals surface area contributed by atoms with Crippen molar-refractivity contribution in [2.24, 2.45) is 0 Å². The van der Waals surface area contributed by atoms with Crippen LogP contribution in [0.25, 0.3) is 0 Å². The summed E-state index contributed by atoms with van der Waals surface area (Å²) in [6.07, 6.45) is -3.75. The van der Waals surface area contributed by atoms with Crippen LogP contribution in [0.5, 0.6) is 0 Å². The molecule has 0 spiro atoms. The summed E-state index contributed by atoms with van der Waals surface area (Å²) in [5.74, 6) is -0.441. The van der Waals surface area contributed by atoms with Crippen LogP contribution in [0, 0.1) is 13.8 Å². The Balaban J connectivity index is 2.39. The second kappa shape index (κ2) is 5.44. The van der Waals surface area contributed by atoms with Gasteiger partial charge in [0, 0.05) is 0 Å². The summed E-state index contributed by atoms with van der Waals surface area (Å²) >= 11 is 0. The van der Waals surface area contributed by atoms with E-state index in [1.807, 2.05) is 26.0 Å². The van der Waals surface area contributed by atoms with Crippen LogP contribution in [-0.4, -0.2) is 23.2 Å². The lowest BCUT2D eigenvalue weighted by atomic mass is 9.75. The molecule has 0 radical (unpaired) electrons. The maximum absolute atomic E-state index is 12.9. The molecular weight excluding hydrogens is 281 g/mol. The first-order valence-electron chi connectivity index (χ1n) is 7.03. The van der Waals surface area contributed by atoms with Gasteiger partial charge in [0.15, 0.2) is 6.29 Å². The maximum Gasteiger partial charge on any atom is 0.424 e. The van der Waals surface area contributed by atoms with Gasteiger partial charge in [-0.25, -0.2) is 0 Å². The molecule has 1 aliphatic carbocycles. The van der Waals surface area contributed by atoms with Crippen LogP contribution in [-0.2, 0) is 11.2 Å². The first-order chi connectivity index (χ1) is 9.68. The van der Waals surface area contributed by atoms with Crippen LogP contribution in [0.4, 0.5) is 13.2 Å². The van der Waals surface area contributed by atoms with Gasteiger partial charge in [-0.2, -0.15) is 13.2 Å². The van der Waals surface area contributed by atoms with E-state index < -0.39 is 24.1 Å². The van der Waals surface area contributed by atoms with Crippen LogP contribution in [0.2, 0.25) is 0 Å². The summed E-state index contributed by atoms with van der Waals surface area (Å²) < 4.78 is 38.7. The number of aldehydes is 1. The summed E-state index contributed by atoms with van der Waals surface area (Å²) in [5.41, 5.74) is 0.705. The molecule has 0 saturated carbocycles. The van der Waals surface area contributed by atoms with Crippen molar-refractivity contribution in [2.75, 3.05) is 0 Å². The minimum Gasteiger partial charge on any atom is -0.374 e. The molecule has 1 aliphatic rings. The molecule has 21 heavy (non-hydrogen) atoms. The van der Waals surface area contributed by atoms with Gasteiger partial charge < -0.3 is 5.11 Å². The molecule has 0 bridgehead atoms. The summed E-state index contributed by atoms with van der Waals surface area (Å²) in [5, 5.41) is 9.68. The van der Waals surface area contributed by atoms with Crippen molar-refractivity contribution in [1.29, 1.82) is 0 Å². The normalized spacial score (nSPS) is 21.5. The third kappa shape index (κ3) is 2.98. The fraction of sp³-hybridized carbons (Fsp3) is 0.562. The largest absolute Gasteiger partial charge is 0.424 e. The highest BCUT2D eigenvalue weighted by Crippen LogP contribution is 2.42. The molecule has 1 aromatic carbocycles. The number of halogens is 3. The Morgan fingerprint density at radius 2 is 2.00 bits per heavy atom. The Hall–Kier alpha value is -1.36. The number of hydrogen-bond acceptors (Lipinski definition) is 2. The molecule has 2 rings (SSSR count). The summed E-state index contributed by atoms with van der Waals surface area (Å²) in [4.78, 5) is 10.8. The molecule has 2 nitrogen and oxygen atoms in total. The lowest BCUT2D eigenvalue weighted by Crippen LogP contribution is -2.48. The van der Waals surface area contributed by atoms with Gasteiger partial charge in [-0.1, -0.05) is 17.7 Å². The molecule has 0 amide bonds. The van der Waals surface area contributed by atoms with Gasteiger partial charge in [0.05, 0.1) is 0 Å². The highest BCUT2D eigenvalue weighted by atomic mass is 19.4. The Labute approximate surface area is 122 Å². The van der Waals surface area contributed by atoms with Gasteiger partial charge in [0.2, 0.25) is 5.60 Å². The van der Waals surface area contributed by atoms with Gasteiger partial charge in [0.25, 0.3) is 0 Å². The smallest absolute Gasteiger partial charge is 0.374 e. The van der Waals surface area contributed by atoms with Crippen molar-refractivity contribution in [1.82, 2.24) is 0 Å². The Morgan fingerprint density at radius 3 is 2.57 bits per heavy atom. The van der Waals surface area contributed by atoms with E-state index in [1.54, 1.807) is 0 Å². The summed E-state index contributed by atoms with van der Waals surface area (Å²) in [6, 6.07) is 3.89. The van der Waals surface area contributed by atoms with Gasteiger partial charge in [-0.05, 0) is 62.1 Å². The first-order valence-corrected chi connectivity index (χ1v) is 7.03. The molecule has 0 heterocycles. The highest BCUT2D eigenvalue weighted by molar-refractivity contribution is 5.64. The number of benzene rings is 1. The van der Waals surface area contributed by atoms with Crippen LogP contribution in [0.1, 0.15) is 47.4 Å². The highest BCUT2D eigenvalue weighted by Gasteiger charge is 2.55. The third-order valence-electron chi connectivity index (χ3n) is 4.31. The number of carbonyl (C=O) groups is 1. The van der Waals surface area contributed by atoms with E-state index in [0.29, 0.717) is 6.42 Å². The average molecular weight is 300 g/mol. The number of aryl methyl sites for hydroxylation is 2. The Bertz CT molecular complexity index is 551. The number of fused-ring (bicyclic) bond motifs is 1. The van der Waals surface area contributed by atoms with Crippen molar-refractivity contribution in [2.45, 2.75) is 57.2 Å². The van der Waals surface area contributed by atoms with Crippen LogP contribution in [0.15, 0.2) is 12.1 Å². The monoisotopic (exact) mass is 300 g/mol. The molecule has 2 unspecified atom stereocenters. The lowest BCUT2D eigenvalue weighted by Gasteiger charge is -2.33. The van der Waals surface area contributed by atoms with E-state index in [1.165, 1.54) is 0 Å². The zero-order valence-electron chi connectivity index (χ0n) is 12.1. The van der Waals surface area contributed by atoms with Crippen molar-refractivity contribution in [3.63, 3.8) is 0 Å². The topological polar surface area (TPSA) is 37.3 Å². The van der Waals surface area contributed by atoms with Crippen molar-refractivity contribution in [3.8, 4) is 0 Å². The van der Waals surface area contributed by atoms with E-state index in [0.717, 1.165) is 35.1 Å². The average Bonchev–Trinajstić information content (AvgIpc) is 2.38. The number of rotatable bonds is 3.